The van der Waals surface area contributed by atoms with E-state index in [4.69, 9.17) is 9.47 Å². The second-order valence-corrected chi connectivity index (χ2v) is 3.91. The molecule has 0 amide bonds. The van der Waals surface area contributed by atoms with Crippen LogP contribution in [0.25, 0.3) is 5.57 Å². The van der Waals surface area contributed by atoms with E-state index in [1.165, 1.54) is 12.1 Å². The van der Waals surface area contributed by atoms with Gasteiger partial charge in [-0.3, -0.25) is 4.99 Å². The van der Waals surface area contributed by atoms with Crippen LogP contribution in [0.5, 0.6) is 0 Å². The van der Waals surface area contributed by atoms with E-state index in [1.807, 2.05) is 20.8 Å². The molecule has 0 aliphatic rings. The Hall–Kier alpha value is -2.24. The number of nitrogens with zero attached hydrogens (tertiary/aromatic N) is 2. The Balaban J connectivity index is 0.00000232. The van der Waals surface area contributed by atoms with Gasteiger partial charge in [0.25, 0.3) is 0 Å². The topological polar surface area (TPSA) is 60.8 Å². The van der Waals surface area contributed by atoms with E-state index in [0.717, 1.165) is 0 Å². The normalized spacial score (nSPS) is 11.4. The highest BCUT2D eigenvalue weighted by atomic mass is 19.1. The molecular formula is C17H25FN2O3. The number of carbonyl (C=O) groups excluding carboxylic acids is 1. The molecule has 0 bridgehead atoms. The first-order chi connectivity index (χ1) is 11.1. The van der Waals surface area contributed by atoms with Crippen molar-refractivity contribution in [3.8, 4) is 0 Å². The van der Waals surface area contributed by atoms with Crippen molar-refractivity contribution >= 4 is 17.4 Å². The van der Waals surface area contributed by atoms with E-state index >= 15 is 0 Å². The molecule has 0 aliphatic carbocycles. The average molecular weight is 324 g/mol. The van der Waals surface area contributed by atoms with Gasteiger partial charge < -0.3 is 9.47 Å². The molecule has 0 saturated carbocycles. The Morgan fingerprint density at radius 1 is 1.26 bits per heavy atom. The highest BCUT2D eigenvalue weighted by Gasteiger charge is 2.19. The lowest BCUT2D eigenvalue weighted by molar-refractivity contribution is 0.0513. The lowest BCUT2D eigenvalue weighted by Crippen LogP contribution is -2.14. The number of esters is 1. The molecule has 0 aromatic carbocycles. The number of ether oxygens (including phenoxy) is 2. The molecule has 5 nitrogen and oxygen atoms in total. The van der Waals surface area contributed by atoms with Gasteiger partial charge in [-0.25, -0.2) is 14.2 Å². The van der Waals surface area contributed by atoms with Crippen LogP contribution in [0.4, 0.5) is 4.39 Å². The summed E-state index contributed by atoms with van der Waals surface area (Å²) in [6.07, 6.45) is 1.74. The number of aromatic nitrogens is 1. The van der Waals surface area contributed by atoms with Crippen molar-refractivity contribution < 1.29 is 18.7 Å². The summed E-state index contributed by atoms with van der Waals surface area (Å²) < 4.78 is 23.9. The number of hydrogen-bond acceptors (Lipinski definition) is 5. The van der Waals surface area contributed by atoms with Gasteiger partial charge in [0, 0.05) is 7.05 Å². The van der Waals surface area contributed by atoms with Crippen molar-refractivity contribution in [2.75, 3.05) is 20.3 Å². The van der Waals surface area contributed by atoms with Crippen LogP contribution < -0.4 is 0 Å². The first-order valence-corrected chi connectivity index (χ1v) is 7.69. The first kappa shape index (κ1) is 20.8. The summed E-state index contributed by atoms with van der Waals surface area (Å²) in [7, 11) is 1.59. The number of allylic oxidation sites excluding steroid dienone is 1. The Bertz CT molecular complexity index is 569. The van der Waals surface area contributed by atoms with Crippen LogP contribution in [0.2, 0.25) is 0 Å². The van der Waals surface area contributed by atoms with E-state index < -0.39 is 11.8 Å². The predicted octanol–water partition coefficient (Wildman–Crippen LogP) is 3.89. The smallest absolute Gasteiger partial charge is 0.360 e. The monoisotopic (exact) mass is 324 g/mol. The van der Waals surface area contributed by atoms with E-state index in [1.54, 1.807) is 27.0 Å². The molecule has 0 radical (unpaired) electrons. The fourth-order valence-corrected chi connectivity index (χ4v) is 1.72. The van der Waals surface area contributed by atoms with Gasteiger partial charge >= 0.3 is 5.97 Å². The summed E-state index contributed by atoms with van der Waals surface area (Å²) in [6.45, 7) is 9.86. The lowest BCUT2D eigenvalue weighted by atomic mass is 10.1. The molecule has 0 saturated heterocycles. The summed E-state index contributed by atoms with van der Waals surface area (Å²) in [5.41, 5.74) is 0.640. The number of pyridine rings is 1. The maximum Gasteiger partial charge on any atom is 0.360 e. The molecule has 0 fully saturated rings. The second kappa shape index (κ2) is 11.3. The summed E-state index contributed by atoms with van der Waals surface area (Å²) in [6, 6.07) is 2.65. The quantitative estimate of drug-likeness (QED) is 0.468. The van der Waals surface area contributed by atoms with Crippen molar-refractivity contribution in [1.29, 1.82) is 0 Å². The Labute approximate surface area is 137 Å². The fraction of sp³-hybridized carbons (Fsp3) is 0.471. The van der Waals surface area contributed by atoms with Gasteiger partial charge in [-0.1, -0.05) is 19.9 Å². The van der Waals surface area contributed by atoms with E-state index in [9.17, 15) is 9.18 Å². The first-order valence-electron chi connectivity index (χ1n) is 7.69. The number of carbonyl (C=O) groups is 1. The molecule has 128 valence electrons. The second-order valence-electron chi connectivity index (χ2n) is 3.91. The zero-order valence-electron chi connectivity index (χ0n) is 14.6. The Morgan fingerprint density at radius 2 is 1.87 bits per heavy atom. The molecule has 1 rings (SSSR count). The number of hydrogen-bond donors (Lipinski definition) is 0. The van der Waals surface area contributed by atoms with Crippen LogP contribution in [-0.2, 0) is 9.47 Å². The van der Waals surface area contributed by atoms with Crippen molar-refractivity contribution in [2.24, 2.45) is 4.99 Å². The zero-order chi connectivity index (χ0) is 17.8. The number of halogens is 1. The maximum atomic E-state index is 13.7. The van der Waals surface area contributed by atoms with E-state index in [-0.39, 0.29) is 12.3 Å². The summed E-state index contributed by atoms with van der Waals surface area (Å²) >= 11 is 0. The van der Waals surface area contributed by atoms with Crippen LogP contribution in [0.15, 0.2) is 23.2 Å². The molecule has 6 heteroatoms. The van der Waals surface area contributed by atoms with Crippen LogP contribution in [0.1, 0.15) is 50.8 Å². The molecule has 23 heavy (non-hydrogen) atoms. The van der Waals surface area contributed by atoms with E-state index in [2.05, 4.69) is 9.98 Å². The summed E-state index contributed by atoms with van der Waals surface area (Å²) in [5.74, 6) is -1.13. The van der Waals surface area contributed by atoms with Gasteiger partial charge in [-0.2, -0.15) is 0 Å². The minimum Gasteiger partial charge on any atom is -0.478 e. The third-order valence-electron chi connectivity index (χ3n) is 2.59. The number of aliphatic imine (C=N–C) groups is 1. The minimum atomic E-state index is -0.793. The molecule has 0 N–H and O–H groups in total. The van der Waals surface area contributed by atoms with Crippen LogP contribution in [0, 0.1) is 5.82 Å². The largest absolute Gasteiger partial charge is 0.478 e. The SMILES string of the molecule is C/C=C(\C(=NC)OCC)c1ccc(F)c(C(=O)OCC)n1.CC. The molecule has 0 spiro atoms. The average Bonchev–Trinajstić information content (AvgIpc) is 2.58. The summed E-state index contributed by atoms with van der Waals surface area (Å²) in [5, 5.41) is 0. The number of rotatable bonds is 5. The molecule has 0 unspecified atom stereocenters. The summed E-state index contributed by atoms with van der Waals surface area (Å²) in [4.78, 5) is 19.8. The van der Waals surface area contributed by atoms with Gasteiger partial charge in [0.05, 0.1) is 24.5 Å². The van der Waals surface area contributed by atoms with Gasteiger partial charge in [-0.05, 0) is 32.9 Å². The highest BCUT2D eigenvalue weighted by Crippen LogP contribution is 2.18. The third-order valence-corrected chi connectivity index (χ3v) is 2.59. The molecule has 0 atom stereocenters. The minimum absolute atomic E-state index is 0.154. The fourth-order valence-electron chi connectivity index (χ4n) is 1.72. The van der Waals surface area contributed by atoms with Crippen molar-refractivity contribution in [1.82, 2.24) is 4.98 Å². The van der Waals surface area contributed by atoms with Crippen molar-refractivity contribution in [2.45, 2.75) is 34.6 Å². The van der Waals surface area contributed by atoms with Crippen LogP contribution >= 0.6 is 0 Å². The van der Waals surface area contributed by atoms with Gasteiger partial charge in [0.15, 0.2) is 11.5 Å². The van der Waals surface area contributed by atoms with Crippen molar-refractivity contribution in [3.63, 3.8) is 0 Å². The molecule has 1 aromatic heterocycles. The molecule has 1 aromatic rings. The van der Waals surface area contributed by atoms with Gasteiger partial charge in [0.2, 0.25) is 5.90 Å². The molecule has 0 aliphatic heterocycles. The van der Waals surface area contributed by atoms with Gasteiger partial charge in [-0.15, -0.1) is 0 Å². The standard InChI is InChI=1S/C15H19FN2O3.C2H6/c1-5-10(14(17-4)20-6-2)12-9-8-11(16)13(18-12)15(19)21-7-3;1-2/h5,8-9H,6-7H2,1-4H3;1-2H3/b10-5-,17-14?;. The maximum absolute atomic E-state index is 13.7. The Morgan fingerprint density at radius 3 is 2.35 bits per heavy atom. The van der Waals surface area contributed by atoms with Crippen LogP contribution in [0.3, 0.4) is 0 Å². The lowest BCUT2D eigenvalue weighted by Gasteiger charge is -2.11. The molecule has 1 heterocycles. The Kier molecular flexibility index (Phi) is 10.2. The highest BCUT2D eigenvalue weighted by molar-refractivity contribution is 6.19. The third kappa shape index (κ3) is 5.81. The van der Waals surface area contributed by atoms with Gasteiger partial charge in [0.1, 0.15) is 0 Å². The van der Waals surface area contributed by atoms with Crippen LogP contribution in [-0.4, -0.2) is 37.1 Å². The predicted molar refractivity (Wildman–Crippen MR) is 90.1 cm³/mol. The molecular weight excluding hydrogens is 299 g/mol. The van der Waals surface area contributed by atoms with Crippen molar-refractivity contribution in [3.05, 3.63) is 35.4 Å². The zero-order valence-corrected chi connectivity index (χ0v) is 14.6. The van der Waals surface area contributed by atoms with E-state index in [0.29, 0.717) is 23.8 Å².